The van der Waals surface area contributed by atoms with Crippen molar-refractivity contribution in [3.05, 3.63) is 33.9 Å². The highest BCUT2D eigenvalue weighted by molar-refractivity contribution is 5.82. The number of benzene rings is 1. The first-order valence-corrected chi connectivity index (χ1v) is 4.90. The Hall–Kier alpha value is -1.95. The summed E-state index contributed by atoms with van der Waals surface area (Å²) in [6, 6.07) is 4.36. The number of rotatable bonds is 6. The number of nitrogens with zero attached hydrogens (tertiary/aromatic N) is 1. The summed E-state index contributed by atoms with van der Waals surface area (Å²) in [5.41, 5.74) is 0.546. The second kappa shape index (κ2) is 5.95. The van der Waals surface area contributed by atoms with Gasteiger partial charge in [-0.25, -0.2) is 0 Å². The van der Waals surface area contributed by atoms with Crippen LogP contribution in [0.2, 0.25) is 0 Å². The van der Waals surface area contributed by atoms with Crippen molar-refractivity contribution in [1.29, 1.82) is 0 Å². The molecule has 0 bridgehead atoms. The fourth-order valence-corrected chi connectivity index (χ4v) is 1.42. The number of carbonyl (C=O) groups is 1. The van der Waals surface area contributed by atoms with E-state index in [0.717, 1.165) is 0 Å². The van der Waals surface area contributed by atoms with Gasteiger partial charge >= 0.3 is 5.69 Å². The van der Waals surface area contributed by atoms with Crippen LogP contribution in [0, 0.1) is 10.1 Å². The molecule has 0 amide bonds. The lowest BCUT2D eigenvalue weighted by Gasteiger charge is -2.04. The molecule has 1 aromatic carbocycles. The van der Waals surface area contributed by atoms with E-state index in [-0.39, 0.29) is 30.2 Å². The summed E-state index contributed by atoms with van der Waals surface area (Å²) in [4.78, 5) is 21.5. The molecule has 6 heteroatoms. The van der Waals surface area contributed by atoms with E-state index in [1.165, 1.54) is 32.4 Å². The topological polar surface area (TPSA) is 78.7 Å². The van der Waals surface area contributed by atoms with E-state index in [1.807, 2.05) is 0 Å². The molecule has 1 rings (SSSR count). The number of ether oxygens (including phenoxy) is 2. The molecule has 0 heterocycles. The van der Waals surface area contributed by atoms with Gasteiger partial charge in [-0.2, -0.15) is 0 Å². The van der Waals surface area contributed by atoms with Crippen LogP contribution in [0.15, 0.2) is 18.2 Å². The van der Waals surface area contributed by atoms with Gasteiger partial charge in [0.2, 0.25) is 0 Å². The Balaban J connectivity index is 2.90. The Morgan fingerprint density at radius 2 is 2.12 bits per heavy atom. The third-order valence-corrected chi connectivity index (χ3v) is 2.15. The molecule has 0 radical (unpaired) electrons. The van der Waals surface area contributed by atoms with Crippen molar-refractivity contribution < 1.29 is 19.2 Å². The predicted molar refractivity (Wildman–Crippen MR) is 60.2 cm³/mol. The van der Waals surface area contributed by atoms with Crippen molar-refractivity contribution in [2.45, 2.75) is 6.42 Å². The van der Waals surface area contributed by atoms with Crippen LogP contribution in [-0.2, 0) is 16.0 Å². The minimum absolute atomic E-state index is 0.0271. The SMILES string of the molecule is COCC(=O)Cc1ccc([N+](=O)[O-])c(OC)c1. The van der Waals surface area contributed by atoms with Crippen LogP contribution in [0.25, 0.3) is 0 Å². The van der Waals surface area contributed by atoms with Crippen LogP contribution in [-0.4, -0.2) is 31.5 Å². The van der Waals surface area contributed by atoms with E-state index < -0.39 is 4.92 Å². The summed E-state index contributed by atoms with van der Waals surface area (Å²) in [6.07, 6.45) is 0.169. The fraction of sp³-hybridized carbons (Fsp3) is 0.364. The minimum atomic E-state index is -0.528. The van der Waals surface area contributed by atoms with Crippen LogP contribution in [0.1, 0.15) is 5.56 Å². The summed E-state index contributed by atoms with van der Waals surface area (Å²) < 4.78 is 9.61. The van der Waals surface area contributed by atoms with Gasteiger partial charge in [-0.3, -0.25) is 14.9 Å². The predicted octanol–water partition coefficient (Wildman–Crippen LogP) is 1.36. The molecule has 0 aromatic heterocycles. The smallest absolute Gasteiger partial charge is 0.310 e. The van der Waals surface area contributed by atoms with Gasteiger partial charge in [0.05, 0.1) is 12.0 Å². The number of nitro groups is 1. The normalized spacial score (nSPS) is 10.0. The van der Waals surface area contributed by atoms with E-state index in [4.69, 9.17) is 9.47 Å². The second-order valence-electron chi connectivity index (χ2n) is 3.41. The zero-order chi connectivity index (χ0) is 12.8. The molecule has 0 spiro atoms. The third kappa shape index (κ3) is 3.53. The van der Waals surface area contributed by atoms with Gasteiger partial charge in [0, 0.05) is 19.6 Å². The maximum Gasteiger partial charge on any atom is 0.310 e. The van der Waals surface area contributed by atoms with Crippen LogP contribution in [0.3, 0.4) is 0 Å². The minimum Gasteiger partial charge on any atom is -0.490 e. The number of ketones is 1. The highest BCUT2D eigenvalue weighted by Gasteiger charge is 2.15. The lowest BCUT2D eigenvalue weighted by atomic mass is 10.1. The number of hydrogen-bond donors (Lipinski definition) is 0. The molecule has 0 saturated carbocycles. The highest BCUT2D eigenvalue weighted by Crippen LogP contribution is 2.27. The second-order valence-corrected chi connectivity index (χ2v) is 3.41. The third-order valence-electron chi connectivity index (χ3n) is 2.15. The van der Waals surface area contributed by atoms with Gasteiger partial charge in [-0.1, -0.05) is 6.07 Å². The monoisotopic (exact) mass is 239 g/mol. The van der Waals surface area contributed by atoms with E-state index in [1.54, 1.807) is 0 Å². The van der Waals surface area contributed by atoms with Crippen LogP contribution < -0.4 is 4.74 Å². The first kappa shape index (κ1) is 13.1. The molecule has 0 aliphatic heterocycles. The van der Waals surface area contributed by atoms with E-state index in [0.29, 0.717) is 5.56 Å². The molecule has 0 unspecified atom stereocenters. The Kier molecular flexibility index (Phi) is 4.59. The molecular formula is C11H13NO5. The molecular weight excluding hydrogens is 226 g/mol. The first-order chi connectivity index (χ1) is 8.08. The number of hydrogen-bond acceptors (Lipinski definition) is 5. The molecule has 0 N–H and O–H groups in total. The fourth-order valence-electron chi connectivity index (χ4n) is 1.42. The van der Waals surface area contributed by atoms with E-state index in [9.17, 15) is 14.9 Å². The van der Waals surface area contributed by atoms with Gasteiger partial charge < -0.3 is 9.47 Å². The maximum atomic E-state index is 11.3. The van der Waals surface area contributed by atoms with Crippen molar-refractivity contribution in [1.82, 2.24) is 0 Å². The molecule has 92 valence electrons. The lowest BCUT2D eigenvalue weighted by molar-refractivity contribution is -0.385. The first-order valence-electron chi connectivity index (χ1n) is 4.90. The molecule has 0 fully saturated rings. The van der Waals surface area contributed by atoms with Crippen molar-refractivity contribution in [2.24, 2.45) is 0 Å². The van der Waals surface area contributed by atoms with Crippen molar-refractivity contribution in [3.63, 3.8) is 0 Å². The van der Waals surface area contributed by atoms with E-state index in [2.05, 4.69) is 0 Å². The average molecular weight is 239 g/mol. The quantitative estimate of drug-likeness (QED) is 0.553. The maximum absolute atomic E-state index is 11.3. The Morgan fingerprint density at radius 3 is 2.65 bits per heavy atom. The van der Waals surface area contributed by atoms with Gasteiger partial charge in [0.15, 0.2) is 11.5 Å². The number of Topliss-reactive ketones (excluding diaryl/α,β-unsaturated/α-hetero) is 1. The van der Waals surface area contributed by atoms with Crippen LogP contribution in [0.5, 0.6) is 5.75 Å². The van der Waals surface area contributed by atoms with Gasteiger partial charge in [0.25, 0.3) is 0 Å². The van der Waals surface area contributed by atoms with Crippen LogP contribution in [0.4, 0.5) is 5.69 Å². The summed E-state index contributed by atoms with van der Waals surface area (Å²) in [5, 5.41) is 10.7. The summed E-state index contributed by atoms with van der Waals surface area (Å²) in [6.45, 7) is 0.0271. The zero-order valence-electron chi connectivity index (χ0n) is 9.63. The summed E-state index contributed by atoms with van der Waals surface area (Å²) >= 11 is 0. The lowest BCUT2D eigenvalue weighted by Crippen LogP contribution is -2.09. The Morgan fingerprint density at radius 1 is 1.41 bits per heavy atom. The highest BCUT2D eigenvalue weighted by atomic mass is 16.6. The number of carbonyl (C=O) groups excluding carboxylic acids is 1. The van der Waals surface area contributed by atoms with Crippen molar-refractivity contribution in [3.8, 4) is 5.75 Å². The summed E-state index contributed by atoms with van der Waals surface area (Å²) in [5.74, 6) is 0.0566. The molecule has 17 heavy (non-hydrogen) atoms. The average Bonchev–Trinajstić information content (AvgIpc) is 2.28. The standard InChI is InChI=1S/C11H13NO5/c1-16-7-9(13)5-8-3-4-10(12(14)15)11(6-8)17-2/h3-4,6H,5,7H2,1-2H3. The molecule has 0 atom stereocenters. The van der Waals surface area contributed by atoms with Gasteiger partial charge in [0.1, 0.15) is 6.61 Å². The molecule has 0 aliphatic carbocycles. The molecule has 0 aliphatic rings. The molecule has 6 nitrogen and oxygen atoms in total. The zero-order valence-corrected chi connectivity index (χ0v) is 9.63. The van der Waals surface area contributed by atoms with Crippen molar-refractivity contribution >= 4 is 11.5 Å². The van der Waals surface area contributed by atoms with Gasteiger partial charge in [-0.15, -0.1) is 0 Å². The number of methoxy groups -OCH3 is 2. The van der Waals surface area contributed by atoms with E-state index >= 15 is 0 Å². The summed E-state index contributed by atoms with van der Waals surface area (Å²) in [7, 11) is 2.79. The Bertz CT molecular complexity index is 430. The molecule has 0 saturated heterocycles. The van der Waals surface area contributed by atoms with Crippen molar-refractivity contribution in [2.75, 3.05) is 20.8 Å². The van der Waals surface area contributed by atoms with Gasteiger partial charge in [-0.05, 0) is 11.6 Å². The number of nitro benzene ring substituents is 1. The Labute approximate surface area is 98.3 Å². The molecule has 1 aromatic rings. The van der Waals surface area contributed by atoms with Crippen LogP contribution >= 0.6 is 0 Å². The largest absolute Gasteiger partial charge is 0.490 e.